The lowest BCUT2D eigenvalue weighted by atomic mass is 9.84. The lowest BCUT2D eigenvalue weighted by Gasteiger charge is -2.28. The Morgan fingerprint density at radius 1 is 1.11 bits per heavy atom. The minimum absolute atomic E-state index is 0.416. The van der Waals surface area contributed by atoms with Crippen LogP contribution in [0.5, 0.6) is 0 Å². The van der Waals surface area contributed by atoms with Crippen molar-refractivity contribution in [3.05, 3.63) is 35.4 Å². The second kappa shape index (κ2) is 5.33. The Hall–Kier alpha value is -1.00. The van der Waals surface area contributed by atoms with E-state index in [1.165, 1.54) is 12.1 Å². The molecule has 0 spiro atoms. The van der Waals surface area contributed by atoms with Gasteiger partial charge in [0.15, 0.2) is 0 Å². The van der Waals surface area contributed by atoms with Gasteiger partial charge in [-0.3, -0.25) is 0 Å². The average Bonchev–Trinajstić information content (AvgIpc) is 2.13. The van der Waals surface area contributed by atoms with Crippen LogP contribution >= 0.6 is 0 Å². The summed E-state index contributed by atoms with van der Waals surface area (Å²) in [5.74, 6) is -1.11. The predicted octanol–water partition coefficient (Wildman–Crippen LogP) is 2.60. The Bertz CT molecular complexity index is 411. The van der Waals surface area contributed by atoms with Gasteiger partial charge in [-0.25, -0.2) is 8.78 Å². The zero-order chi connectivity index (χ0) is 14.0. The van der Waals surface area contributed by atoms with E-state index in [1.807, 2.05) is 13.8 Å². The normalized spacial score (nSPS) is 12.8. The Labute approximate surface area is 107 Å². The van der Waals surface area contributed by atoms with E-state index in [1.54, 1.807) is 13.8 Å². The van der Waals surface area contributed by atoms with Crippen LogP contribution in [0.2, 0.25) is 0 Å². The van der Waals surface area contributed by atoms with Crippen LogP contribution in [0.1, 0.15) is 33.3 Å². The quantitative estimate of drug-likeness (QED) is 0.850. The molecule has 0 saturated carbocycles. The summed E-state index contributed by atoms with van der Waals surface area (Å²) in [5, 5.41) is 12.7. The fraction of sp³-hybridized carbons (Fsp3) is 0.571. The second-order valence-corrected chi connectivity index (χ2v) is 5.92. The Balaban J connectivity index is 2.73. The van der Waals surface area contributed by atoms with Gasteiger partial charge < -0.3 is 10.4 Å². The highest BCUT2D eigenvalue weighted by atomic mass is 19.1. The maximum atomic E-state index is 13.7. The molecule has 0 heterocycles. The van der Waals surface area contributed by atoms with Gasteiger partial charge in [-0.1, -0.05) is 19.9 Å². The molecule has 2 nitrogen and oxygen atoms in total. The van der Waals surface area contributed by atoms with E-state index in [9.17, 15) is 13.9 Å². The molecule has 1 rings (SSSR count). The van der Waals surface area contributed by atoms with Crippen molar-refractivity contribution in [2.24, 2.45) is 0 Å². The first-order valence-corrected chi connectivity index (χ1v) is 6.00. The smallest absolute Gasteiger partial charge is 0.129 e. The molecular weight excluding hydrogens is 236 g/mol. The van der Waals surface area contributed by atoms with Gasteiger partial charge in [0.25, 0.3) is 0 Å². The van der Waals surface area contributed by atoms with E-state index < -0.39 is 22.7 Å². The van der Waals surface area contributed by atoms with Gasteiger partial charge >= 0.3 is 0 Å². The molecule has 4 heteroatoms. The van der Waals surface area contributed by atoms with Crippen molar-refractivity contribution in [1.29, 1.82) is 0 Å². The van der Waals surface area contributed by atoms with Crippen LogP contribution in [0.3, 0.4) is 0 Å². The number of halogens is 2. The van der Waals surface area contributed by atoms with Gasteiger partial charge in [0.2, 0.25) is 0 Å². The molecule has 0 bridgehead atoms. The zero-order valence-corrected chi connectivity index (χ0v) is 11.3. The van der Waals surface area contributed by atoms with Crippen molar-refractivity contribution in [3.63, 3.8) is 0 Å². The molecule has 0 aliphatic carbocycles. The summed E-state index contributed by atoms with van der Waals surface area (Å²) in [7, 11) is 0. The van der Waals surface area contributed by atoms with Crippen LogP contribution in [-0.4, -0.2) is 23.8 Å². The highest BCUT2D eigenvalue weighted by Gasteiger charge is 2.25. The van der Waals surface area contributed by atoms with Gasteiger partial charge in [-0.2, -0.15) is 0 Å². The SMILES string of the molecule is CC(C)(O)CNCC(C)(C)c1ccc(F)cc1F. The van der Waals surface area contributed by atoms with Crippen LogP contribution in [0.25, 0.3) is 0 Å². The van der Waals surface area contributed by atoms with Crippen molar-refractivity contribution >= 4 is 0 Å². The average molecular weight is 257 g/mol. The molecular formula is C14H21F2NO. The van der Waals surface area contributed by atoms with Crippen molar-refractivity contribution < 1.29 is 13.9 Å². The Morgan fingerprint density at radius 2 is 1.72 bits per heavy atom. The molecule has 0 saturated heterocycles. The molecule has 1 aromatic carbocycles. The molecule has 0 atom stereocenters. The molecule has 0 fully saturated rings. The number of aliphatic hydroxyl groups is 1. The fourth-order valence-corrected chi connectivity index (χ4v) is 1.81. The summed E-state index contributed by atoms with van der Waals surface area (Å²) in [6.07, 6.45) is 0. The van der Waals surface area contributed by atoms with Crippen molar-refractivity contribution in [1.82, 2.24) is 5.32 Å². The lowest BCUT2D eigenvalue weighted by molar-refractivity contribution is 0.0785. The summed E-state index contributed by atoms with van der Waals surface area (Å²) in [6, 6.07) is 3.62. The van der Waals surface area contributed by atoms with Gasteiger partial charge in [0.1, 0.15) is 11.6 Å². The zero-order valence-electron chi connectivity index (χ0n) is 11.3. The van der Waals surface area contributed by atoms with Crippen molar-refractivity contribution in [2.45, 2.75) is 38.7 Å². The summed E-state index contributed by atoms with van der Waals surface area (Å²) >= 11 is 0. The van der Waals surface area contributed by atoms with Gasteiger partial charge in [-0.15, -0.1) is 0 Å². The minimum atomic E-state index is -0.808. The molecule has 0 aliphatic rings. The first-order chi connectivity index (χ1) is 8.12. The summed E-state index contributed by atoms with van der Waals surface area (Å²) in [4.78, 5) is 0. The van der Waals surface area contributed by atoms with Crippen LogP contribution in [0.4, 0.5) is 8.78 Å². The van der Waals surface area contributed by atoms with E-state index >= 15 is 0 Å². The molecule has 0 unspecified atom stereocenters. The molecule has 102 valence electrons. The number of rotatable bonds is 5. The molecule has 2 N–H and O–H groups in total. The highest BCUT2D eigenvalue weighted by Crippen LogP contribution is 2.25. The Kier molecular flexibility index (Phi) is 4.46. The number of hydrogen-bond acceptors (Lipinski definition) is 2. The van der Waals surface area contributed by atoms with Crippen LogP contribution in [-0.2, 0) is 5.41 Å². The number of benzene rings is 1. The standard InChI is InChI=1S/C14H21F2NO/c1-13(2,8-17-9-14(3,4)18)11-6-5-10(15)7-12(11)16/h5-7,17-18H,8-9H2,1-4H3. The molecule has 0 amide bonds. The third-order valence-corrected chi connectivity index (χ3v) is 2.78. The lowest BCUT2D eigenvalue weighted by Crippen LogP contribution is -2.41. The van der Waals surface area contributed by atoms with Gasteiger partial charge in [-0.05, 0) is 25.5 Å². The van der Waals surface area contributed by atoms with Crippen LogP contribution < -0.4 is 5.32 Å². The topological polar surface area (TPSA) is 32.3 Å². The van der Waals surface area contributed by atoms with Crippen molar-refractivity contribution in [2.75, 3.05) is 13.1 Å². The first kappa shape index (κ1) is 15.1. The molecule has 1 aromatic rings. The molecule has 0 aliphatic heterocycles. The fourth-order valence-electron chi connectivity index (χ4n) is 1.81. The maximum Gasteiger partial charge on any atom is 0.129 e. The molecule has 0 aromatic heterocycles. The van der Waals surface area contributed by atoms with E-state index in [-0.39, 0.29) is 0 Å². The number of hydrogen-bond donors (Lipinski definition) is 2. The largest absolute Gasteiger partial charge is 0.389 e. The summed E-state index contributed by atoms with van der Waals surface area (Å²) < 4.78 is 26.5. The van der Waals surface area contributed by atoms with Crippen LogP contribution in [0, 0.1) is 11.6 Å². The summed E-state index contributed by atoms with van der Waals surface area (Å²) in [5.41, 5.74) is -0.812. The predicted molar refractivity (Wildman–Crippen MR) is 68.6 cm³/mol. The number of nitrogens with one attached hydrogen (secondary N) is 1. The first-order valence-electron chi connectivity index (χ1n) is 6.00. The minimum Gasteiger partial charge on any atom is -0.389 e. The van der Waals surface area contributed by atoms with Gasteiger partial charge in [0.05, 0.1) is 5.60 Å². The summed E-state index contributed by atoms with van der Waals surface area (Å²) in [6.45, 7) is 8.07. The van der Waals surface area contributed by atoms with E-state index in [2.05, 4.69) is 5.32 Å². The third-order valence-electron chi connectivity index (χ3n) is 2.78. The van der Waals surface area contributed by atoms with E-state index in [4.69, 9.17) is 0 Å². The van der Waals surface area contributed by atoms with Gasteiger partial charge in [0, 0.05) is 24.6 Å². The van der Waals surface area contributed by atoms with E-state index in [0.717, 1.165) is 6.07 Å². The third kappa shape index (κ3) is 4.35. The second-order valence-electron chi connectivity index (χ2n) is 5.92. The Morgan fingerprint density at radius 3 is 2.22 bits per heavy atom. The van der Waals surface area contributed by atoms with E-state index in [0.29, 0.717) is 18.7 Å². The monoisotopic (exact) mass is 257 g/mol. The van der Waals surface area contributed by atoms with Crippen molar-refractivity contribution in [3.8, 4) is 0 Å². The maximum absolute atomic E-state index is 13.7. The highest BCUT2D eigenvalue weighted by molar-refractivity contribution is 5.26. The molecule has 18 heavy (non-hydrogen) atoms. The molecule has 0 radical (unpaired) electrons. The van der Waals surface area contributed by atoms with Crippen LogP contribution in [0.15, 0.2) is 18.2 Å².